The van der Waals surface area contributed by atoms with Gasteiger partial charge in [0.1, 0.15) is 0 Å². The van der Waals surface area contributed by atoms with Crippen LogP contribution in [0.1, 0.15) is 48.1 Å². The molecule has 0 aliphatic heterocycles. The topological polar surface area (TPSA) is 29.1 Å². The first-order valence-corrected chi connectivity index (χ1v) is 11.1. The number of amides is 1. The number of carbonyl (C=O) groups is 1. The van der Waals surface area contributed by atoms with Crippen LogP contribution in [-0.4, -0.2) is 5.91 Å². The summed E-state index contributed by atoms with van der Waals surface area (Å²) in [7, 11) is 0. The number of halogens is 1. The van der Waals surface area contributed by atoms with Crippen LogP contribution in [-0.2, 0) is 23.1 Å². The molecule has 0 unspecified atom stereocenters. The quantitative estimate of drug-likeness (QED) is 0.474. The molecule has 0 bridgehead atoms. The summed E-state index contributed by atoms with van der Waals surface area (Å²) in [5.41, 5.74) is 6.54. The van der Waals surface area contributed by atoms with Crippen molar-refractivity contribution in [1.82, 2.24) is 0 Å². The van der Waals surface area contributed by atoms with E-state index in [4.69, 9.17) is 11.6 Å². The molecule has 3 aromatic carbocycles. The van der Waals surface area contributed by atoms with E-state index in [0.29, 0.717) is 5.02 Å². The standard InChI is InChI=1S/C27H28ClNO/c1-4-19-7-11-21(12-8-19)27(22-13-9-20(5-2)10-14-22)17-24(27)26(30)29-23-15-6-18(3)25(28)16-23/h6-16,24H,4-5,17H2,1-3H3,(H,29,30)/t24-/m1/s1. The Hall–Kier alpha value is -2.58. The number of benzene rings is 3. The van der Waals surface area contributed by atoms with Gasteiger partial charge in [0.2, 0.25) is 5.91 Å². The Morgan fingerprint density at radius 1 is 0.933 bits per heavy atom. The zero-order valence-corrected chi connectivity index (χ0v) is 18.6. The fraction of sp³-hybridized carbons (Fsp3) is 0.296. The highest BCUT2D eigenvalue weighted by atomic mass is 35.5. The van der Waals surface area contributed by atoms with Crippen LogP contribution in [0, 0.1) is 12.8 Å². The van der Waals surface area contributed by atoms with Crippen LogP contribution in [0.15, 0.2) is 66.7 Å². The van der Waals surface area contributed by atoms with Crippen molar-refractivity contribution in [2.45, 2.75) is 45.4 Å². The molecule has 1 fully saturated rings. The van der Waals surface area contributed by atoms with Crippen molar-refractivity contribution in [1.29, 1.82) is 0 Å². The van der Waals surface area contributed by atoms with E-state index >= 15 is 0 Å². The molecule has 2 nitrogen and oxygen atoms in total. The van der Waals surface area contributed by atoms with Gasteiger partial charge in [-0.3, -0.25) is 4.79 Å². The molecule has 4 rings (SSSR count). The summed E-state index contributed by atoms with van der Waals surface area (Å²) in [5.74, 6) is -0.0495. The van der Waals surface area contributed by atoms with E-state index in [9.17, 15) is 4.79 Å². The van der Waals surface area contributed by atoms with E-state index in [0.717, 1.165) is 30.5 Å². The summed E-state index contributed by atoms with van der Waals surface area (Å²) in [6.45, 7) is 6.28. The lowest BCUT2D eigenvalue weighted by Gasteiger charge is -2.20. The molecule has 1 amide bonds. The minimum atomic E-state index is -0.267. The Balaban J connectivity index is 1.66. The predicted octanol–water partition coefficient (Wildman–Crippen LogP) is 6.72. The van der Waals surface area contributed by atoms with Crippen LogP contribution in [0.5, 0.6) is 0 Å². The normalized spacial score (nSPS) is 16.9. The van der Waals surface area contributed by atoms with Gasteiger partial charge in [-0.25, -0.2) is 0 Å². The van der Waals surface area contributed by atoms with Crippen LogP contribution in [0.2, 0.25) is 5.02 Å². The number of hydrogen-bond acceptors (Lipinski definition) is 1. The zero-order chi connectivity index (χ0) is 21.3. The molecular weight excluding hydrogens is 390 g/mol. The fourth-order valence-corrected chi connectivity index (χ4v) is 4.54. The predicted molar refractivity (Wildman–Crippen MR) is 125 cm³/mol. The number of hydrogen-bond donors (Lipinski definition) is 1. The lowest BCUT2D eigenvalue weighted by atomic mass is 9.84. The maximum Gasteiger partial charge on any atom is 0.228 e. The first-order chi connectivity index (χ1) is 14.5. The van der Waals surface area contributed by atoms with Crippen molar-refractivity contribution in [2.75, 3.05) is 5.32 Å². The Morgan fingerprint density at radius 3 is 1.93 bits per heavy atom. The second-order valence-corrected chi connectivity index (χ2v) is 8.69. The van der Waals surface area contributed by atoms with E-state index in [-0.39, 0.29) is 17.2 Å². The van der Waals surface area contributed by atoms with Crippen LogP contribution in [0.4, 0.5) is 5.69 Å². The molecule has 1 N–H and O–H groups in total. The maximum absolute atomic E-state index is 13.2. The number of carbonyl (C=O) groups excluding carboxylic acids is 1. The molecule has 0 heterocycles. The zero-order valence-electron chi connectivity index (χ0n) is 17.8. The van der Waals surface area contributed by atoms with E-state index in [2.05, 4.69) is 67.7 Å². The molecule has 3 aromatic rings. The average Bonchev–Trinajstić information content (AvgIpc) is 3.53. The highest BCUT2D eigenvalue weighted by Crippen LogP contribution is 2.59. The van der Waals surface area contributed by atoms with E-state index in [1.165, 1.54) is 22.3 Å². The van der Waals surface area contributed by atoms with Gasteiger partial charge < -0.3 is 5.32 Å². The molecule has 0 radical (unpaired) electrons. The van der Waals surface area contributed by atoms with Crippen LogP contribution < -0.4 is 5.32 Å². The third-order valence-electron chi connectivity index (χ3n) is 6.47. The molecule has 0 saturated heterocycles. The molecule has 1 aliphatic rings. The molecule has 1 atom stereocenters. The van der Waals surface area contributed by atoms with E-state index in [1.54, 1.807) is 0 Å². The highest BCUT2D eigenvalue weighted by Gasteiger charge is 2.60. The molecule has 1 saturated carbocycles. The minimum absolute atomic E-state index is 0.0501. The van der Waals surface area contributed by atoms with Crippen molar-refractivity contribution >= 4 is 23.2 Å². The first kappa shape index (κ1) is 20.7. The van der Waals surface area contributed by atoms with Gasteiger partial charge in [-0.1, -0.05) is 80.0 Å². The smallest absolute Gasteiger partial charge is 0.228 e. The number of anilines is 1. The van der Waals surface area contributed by atoms with Gasteiger partial charge in [0.25, 0.3) is 0 Å². The van der Waals surface area contributed by atoms with Gasteiger partial charge in [-0.05, 0) is 66.1 Å². The number of nitrogens with one attached hydrogen (secondary N) is 1. The lowest BCUT2D eigenvalue weighted by molar-refractivity contribution is -0.117. The molecule has 1 aliphatic carbocycles. The summed E-state index contributed by atoms with van der Waals surface area (Å²) >= 11 is 6.25. The van der Waals surface area contributed by atoms with Crippen molar-refractivity contribution < 1.29 is 4.79 Å². The third kappa shape index (κ3) is 3.77. The average molecular weight is 418 g/mol. The van der Waals surface area contributed by atoms with E-state index < -0.39 is 0 Å². The third-order valence-corrected chi connectivity index (χ3v) is 6.88. The number of rotatable bonds is 6. The summed E-state index contributed by atoms with van der Waals surface area (Å²) in [6, 6.07) is 23.2. The monoisotopic (exact) mass is 417 g/mol. The van der Waals surface area contributed by atoms with Gasteiger partial charge in [0, 0.05) is 16.1 Å². The van der Waals surface area contributed by atoms with Gasteiger partial charge in [0.05, 0.1) is 5.92 Å². The summed E-state index contributed by atoms with van der Waals surface area (Å²) in [4.78, 5) is 13.2. The van der Waals surface area contributed by atoms with Gasteiger partial charge >= 0.3 is 0 Å². The Kier molecular flexibility index (Phi) is 5.71. The van der Waals surface area contributed by atoms with Crippen molar-refractivity contribution in [3.63, 3.8) is 0 Å². The SMILES string of the molecule is CCc1ccc(C2(c3ccc(CC)cc3)C[C@@H]2C(=O)Nc2ccc(C)c(Cl)c2)cc1. The molecule has 154 valence electrons. The second-order valence-electron chi connectivity index (χ2n) is 8.28. The second kappa shape index (κ2) is 8.28. The molecular formula is C27H28ClNO. The van der Waals surface area contributed by atoms with Crippen LogP contribution in [0.3, 0.4) is 0 Å². The Morgan fingerprint density at radius 2 is 1.47 bits per heavy atom. The van der Waals surface area contributed by atoms with Gasteiger partial charge in [-0.15, -0.1) is 0 Å². The highest BCUT2D eigenvalue weighted by molar-refractivity contribution is 6.31. The fourth-order valence-electron chi connectivity index (χ4n) is 4.36. The van der Waals surface area contributed by atoms with Crippen LogP contribution in [0.25, 0.3) is 0 Å². The van der Waals surface area contributed by atoms with Crippen LogP contribution >= 0.6 is 11.6 Å². The molecule has 30 heavy (non-hydrogen) atoms. The maximum atomic E-state index is 13.2. The van der Waals surface area contributed by atoms with Gasteiger partial charge in [-0.2, -0.15) is 0 Å². The molecule has 3 heteroatoms. The van der Waals surface area contributed by atoms with Gasteiger partial charge in [0.15, 0.2) is 0 Å². The molecule has 0 spiro atoms. The first-order valence-electron chi connectivity index (χ1n) is 10.7. The van der Waals surface area contributed by atoms with Crippen molar-refractivity contribution in [3.05, 3.63) is 99.6 Å². The molecule has 0 aromatic heterocycles. The van der Waals surface area contributed by atoms with E-state index in [1.807, 2.05) is 25.1 Å². The Bertz CT molecular complexity index is 1010. The Labute approximate surface area is 184 Å². The number of aryl methyl sites for hydroxylation is 3. The van der Waals surface area contributed by atoms with Crippen molar-refractivity contribution in [3.8, 4) is 0 Å². The van der Waals surface area contributed by atoms with Crippen molar-refractivity contribution in [2.24, 2.45) is 5.92 Å². The summed E-state index contributed by atoms with van der Waals surface area (Å²) < 4.78 is 0. The minimum Gasteiger partial charge on any atom is -0.326 e. The summed E-state index contributed by atoms with van der Waals surface area (Å²) in [5, 5.41) is 3.75. The lowest BCUT2D eigenvalue weighted by Crippen LogP contribution is -2.22. The largest absolute Gasteiger partial charge is 0.326 e. The summed E-state index contributed by atoms with van der Waals surface area (Å²) in [6.07, 6.45) is 2.84.